The van der Waals surface area contributed by atoms with Gasteiger partial charge in [-0.25, -0.2) is 0 Å². The van der Waals surface area contributed by atoms with Gasteiger partial charge in [0.05, 0.1) is 14.2 Å². The molecule has 4 rings (SSSR count). The van der Waals surface area contributed by atoms with Crippen LogP contribution in [0.4, 0.5) is 0 Å². The Balaban J connectivity index is 1.45. The van der Waals surface area contributed by atoms with Crippen molar-refractivity contribution in [3.8, 4) is 11.5 Å². The monoisotopic (exact) mass is 437 g/mol. The number of piperidine rings is 1. The third-order valence-electron chi connectivity index (χ3n) is 7.14. The molecule has 0 N–H and O–H groups in total. The molecule has 5 heteroatoms. The van der Waals surface area contributed by atoms with E-state index in [0.717, 1.165) is 43.1 Å². The van der Waals surface area contributed by atoms with E-state index in [1.807, 2.05) is 24.5 Å². The van der Waals surface area contributed by atoms with Crippen LogP contribution in [0.2, 0.25) is 0 Å². The number of benzene rings is 1. The summed E-state index contributed by atoms with van der Waals surface area (Å²) in [6, 6.07) is 11.3. The van der Waals surface area contributed by atoms with Gasteiger partial charge in [-0.2, -0.15) is 0 Å². The first kappa shape index (κ1) is 23.1. The minimum Gasteiger partial charge on any atom is -0.493 e. The Labute approximate surface area is 193 Å². The maximum atomic E-state index is 5.55. The molecule has 0 unspecified atom stereocenters. The highest BCUT2D eigenvalue weighted by Gasteiger charge is 2.28. The summed E-state index contributed by atoms with van der Waals surface area (Å²) in [4.78, 5) is 9.75. The van der Waals surface area contributed by atoms with Crippen LogP contribution in [0, 0.1) is 5.92 Å². The standard InChI is InChI=1S/C27H39N3O2/c1-31-26-13-12-22(16-27(26)32-2)18-29(19-23-8-6-14-28-17-23)20-24-9-7-15-30(21-24)25-10-4-3-5-11-25/h6,8,12-14,16-17,24-25H,3-5,7,9-11,15,18-21H2,1-2H3/t24-/m0/s1. The molecule has 0 bridgehead atoms. The van der Waals surface area contributed by atoms with Crippen LogP contribution in [0.1, 0.15) is 56.1 Å². The third kappa shape index (κ3) is 6.23. The van der Waals surface area contributed by atoms with E-state index in [1.165, 1.54) is 69.2 Å². The lowest BCUT2D eigenvalue weighted by Gasteiger charge is -2.41. The van der Waals surface area contributed by atoms with E-state index in [0.29, 0.717) is 0 Å². The maximum Gasteiger partial charge on any atom is 0.161 e. The maximum absolute atomic E-state index is 5.55. The Bertz CT molecular complexity index is 823. The quantitative estimate of drug-likeness (QED) is 0.543. The zero-order chi connectivity index (χ0) is 22.2. The predicted octanol–water partition coefficient (Wildman–Crippen LogP) is 5.15. The fraction of sp³-hybridized carbons (Fsp3) is 0.593. The minimum atomic E-state index is 0.725. The molecular formula is C27H39N3O2. The van der Waals surface area contributed by atoms with Crippen LogP contribution in [0.5, 0.6) is 11.5 Å². The molecule has 2 fully saturated rings. The van der Waals surface area contributed by atoms with Crippen molar-refractivity contribution < 1.29 is 9.47 Å². The smallest absolute Gasteiger partial charge is 0.161 e. The zero-order valence-electron chi connectivity index (χ0n) is 19.8. The van der Waals surface area contributed by atoms with Gasteiger partial charge in [0, 0.05) is 44.6 Å². The molecule has 5 nitrogen and oxygen atoms in total. The number of hydrogen-bond donors (Lipinski definition) is 0. The molecule has 0 amide bonds. The number of nitrogens with zero attached hydrogens (tertiary/aromatic N) is 3. The van der Waals surface area contributed by atoms with Crippen molar-refractivity contribution >= 4 is 0 Å². The van der Waals surface area contributed by atoms with Crippen molar-refractivity contribution in [2.75, 3.05) is 33.9 Å². The number of ether oxygens (including phenoxy) is 2. The fourth-order valence-corrected chi connectivity index (χ4v) is 5.56. The molecule has 2 heterocycles. The highest BCUT2D eigenvalue weighted by Crippen LogP contribution is 2.30. The van der Waals surface area contributed by atoms with E-state index in [9.17, 15) is 0 Å². The number of pyridine rings is 1. The van der Waals surface area contributed by atoms with E-state index < -0.39 is 0 Å². The van der Waals surface area contributed by atoms with Gasteiger partial charge < -0.3 is 14.4 Å². The number of likely N-dealkylation sites (tertiary alicyclic amines) is 1. The van der Waals surface area contributed by atoms with Gasteiger partial charge in [-0.3, -0.25) is 9.88 Å². The number of methoxy groups -OCH3 is 2. The Hall–Kier alpha value is -2.11. The summed E-state index contributed by atoms with van der Waals surface area (Å²) in [5, 5.41) is 0. The van der Waals surface area contributed by atoms with Crippen molar-refractivity contribution in [1.82, 2.24) is 14.8 Å². The molecule has 174 valence electrons. The van der Waals surface area contributed by atoms with Gasteiger partial charge in [-0.1, -0.05) is 31.4 Å². The number of hydrogen-bond acceptors (Lipinski definition) is 5. The summed E-state index contributed by atoms with van der Waals surface area (Å²) in [5.41, 5.74) is 2.53. The van der Waals surface area contributed by atoms with Crippen LogP contribution in [0.15, 0.2) is 42.7 Å². The molecule has 0 spiro atoms. The number of rotatable bonds is 9. The minimum absolute atomic E-state index is 0.725. The van der Waals surface area contributed by atoms with E-state index >= 15 is 0 Å². The zero-order valence-corrected chi connectivity index (χ0v) is 19.8. The van der Waals surface area contributed by atoms with Crippen LogP contribution in [-0.2, 0) is 13.1 Å². The van der Waals surface area contributed by atoms with Crippen LogP contribution in [-0.4, -0.2) is 54.7 Å². The molecule has 1 aliphatic heterocycles. The first-order valence-corrected chi connectivity index (χ1v) is 12.3. The lowest BCUT2D eigenvalue weighted by molar-refractivity contribution is 0.0771. The topological polar surface area (TPSA) is 37.8 Å². The highest BCUT2D eigenvalue weighted by molar-refractivity contribution is 5.42. The van der Waals surface area contributed by atoms with Crippen molar-refractivity contribution in [1.29, 1.82) is 0 Å². The first-order valence-electron chi connectivity index (χ1n) is 12.3. The van der Waals surface area contributed by atoms with Gasteiger partial charge in [-0.15, -0.1) is 0 Å². The lowest BCUT2D eigenvalue weighted by atomic mass is 9.90. The lowest BCUT2D eigenvalue weighted by Crippen LogP contribution is -2.46. The van der Waals surface area contributed by atoms with Gasteiger partial charge >= 0.3 is 0 Å². The molecule has 1 aromatic heterocycles. The Morgan fingerprint density at radius 3 is 2.50 bits per heavy atom. The molecule has 2 aromatic rings. The molecule has 1 saturated carbocycles. The van der Waals surface area contributed by atoms with Crippen LogP contribution >= 0.6 is 0 Å². The van der Waals surface area contributed by atoms with E-state index in [-0.39, 0.29) is 0 Å². The van der Waals surface area contributed by atoms with Crippen LogP contribution < -0.4 is 9.47 Å². The molecular weight excluding hydrogens is 398 g/mol. The Morgan fingerprint density at radius 1 is 0.938 bits per heavy atom. The molecule has 1 aliphatic carbocycles. The first-order chi connectivity index (χ1) is 15.7. The largest absolute Gasteiger partial charge is 0.493 e. The van der Waals surface area contributed by atoms with E-state index in [4.69, 9.17) is 9.47 Å². The Kier molecular flexibility index (Phi) is 8.41. The Morgan fingerprint density at radius 2 is 1.75 bits per heavy atom. The SMILES string of the molecule is COc1ccc(CN(Cc2cccnc2)C[C@@H]2CCCN(C3CCCCC3)C2)cc1OC. The van der Waals surface area contributed by atoms with Gasteiger partial charge in [0.1, 0.15) is 0 Å². The third-order valence-corrected chi connectivity index (χ3v) is 7.14. The summed E-state index contributed by atoms with van der Waals surface area (Å²) in [5.74, 6) is 2.31. The fourth-order valence-electron chi connectivity index (χ4n) is 5.56. The normalized spacial score (nSPS) is 20.4. The average molecular weight is 438 g/mol. The molecule has 32 heavy (non-hydrogen) atoms. The molecule has 2 aliphatic rings. The highest BCUT2D eigenvalue weighted by atomic mass is 16.5. The molecule has 0 radical (unpaired) electrons. The van der Waals surface area contributed by atoms with Crippen molar-refractivity contribution in [3.05, 3.63) is 53.9 Å². The second-order valence-electron chi connectivity index (χ2n) is 9.52. The van der Waals surface area contributed by atoms with E-state index in [2.05, 4.69) is 33.0 Å². The molecule has 1 atom stereocenters. The molecule has 1 aromatic carbocycles. The van der Waals surface area contributed by atoms with Gasteiger partial charge in [0.15, 0.2) is 11.5 Å². The van der Waals surface area contributed by atoms with Gasteiger partial charge in [0.25, 0.3) is 0 Å². The second kappa shape index (κ2) is 11.7. The summed E-state index contributed by atoms with van der Waals surface area (Å²) in [6.45, 7) is 5.48. The summed E-state index contributed by atoms with van der Waals surface area (Å²) < 4.78 is 11.0. The predicted molar refractivity (Wildman–Crippen MR) is 129 cm³/mol. The van der Waals surface area contributed by atoms with Crippen LogP contribution in [0.3, 0.4) is 0 Å². The van der Waals surface area contributed by atoms with Crippen molar-refractivity contribution in [2.24, 2.45) is 5.92 Å². The molecule has 1 saturated heterocycles. The number of aromatic nitrogens is 1. The summed E-state index contributed by atoms with van der Waals surface area (Å²) in [7, 11) is 3.39. The summed E-state index contributed by atoms with van der Waals surface area (Å²) >= 11 is 0. The average Bonchev–Trinajstić information content (AvgIpc) is 2.85. The summed E-state index contributed by atoms with van der Waals surface area (Å²) in [6.07, 6.45) is 13.6. The van der Waals surface area contributed by atoms with Gasteiger partial charge in [-0.05, 0) is 67.5 Å². The van der Waals surface area contributed by atoms with Crippen molar-refractivity contribution in [2.45, 2.75) is 64.1 Å². The van der Waals surface area contributed by atoms with E-state index in [1.54, 1.807) is 14.2 Å². The van der Waals surface area contributed by atoms with Crippen molar-refractivity contribution in [3.63, 3.8) is 0 Å². The van der Waals surface area contributed by atoms with Crippen LogP contribution in [0.25, 0.3) is 0 Å². The van der Waals surface area contributed by atoms with Gasteiger partial charge in [0.2, 0.25) is 0 Å². The second-order valence-corrected chi connectivity index (χ2v) is 9.52.